The molecule has 0 fully saturated rings. The van der Waals surface area contributed by atoms with Crippen molar-refractivity contribution in [2.45, 2.75) is 19.4 Å². The maximum Gasteiger partial charge on any atom is 0.354 e. The number of thioether (sulfide) groups is 1. The lowest BCUT2D eigenvalue weighted by Crippen LogP contribution is -2.34. The number of nitro groups is 1. The van der Waals surface area contributed by atoms with Gasteiger partial charge >= 0.3 is 5.69 Å². The van der Waals surface area contributed by atoms with Gasteiger partial charge in [0.05, 0.1) is 4.92 Å². The lowest BCUT2D eigenvalue weighted by molar-refractivity contribution is -0.383. The van der Waals surface area contributed by atoms with E-state index in [9.17, 15) is 10.1 Å². The molecule has 0 spiro atoms. The van der Waals surface area contributed by atoms with Gasteiger partial charge in [0.1, 0.15) is 6.33 Å². The number of hydrazine groups is 1. The number of nitrogens with two attached hydrogens (primary N) is 1. The number of nitrogen functional groups attached to an aromatic ring is 1. The zero-order valence-electron chi connectivity index (χ0n) is 11.2. The van der Waals surface area contributed by atoms with E-state index < -0.39 is 4.92 Å². The Morgan fingerprint density at radius 3 is 2.79 bits per heavy atom. The third-order valence-corrected chi connectivity index (χ3v) is 3.55. The maximum absolute atomic E-state index is 11.2. The average Bonchev–Trinajstić information content (AvgIpc) is 2.42. The van der Waals surface area contributed by atoms with Gasteiger partial charge in [0.2, 0.25) is 11.6 Å². The van der Waals surface area contributed by atoms with Crippen LogP contribution in [0.5, 0.6) is 0 Å². The molecule has 8 nitrogen and oxygen atoms in total. The van der Waals surface area contributed by atoms with Crippen LogP contribution >= 0.6 is 11.8 Å². The van der Waals surface area contributed by atoms with E-state index in [1.807, 2.05) is 13.2 Å². The highest BCUT2D eigenvalue weighted by atomic mass is 32.2. The molecule has 0 radical (unpaired) electrons. The van der Waals surface area contributed by atoms with Crippen LogP contribution in [-0.2, 0) is 0 Å². The molecule has 106 valence electrons. The van der Waals surface area contributed by atoms with E-state index in [1.165, 1.54) is 6.33 Å². The summed E-state index contributed by atoms with van der Waals surface area (Å²) < 4.78 is 0. The number of aromatic nitrogens is 2. The Morgan fingerprint density at radius 1 is 1.63 bits per heavy atom. The summed E-state index contributed by atoms with van der Waals surface area (Å²) in [7, 11) is 1.79. The van der Waals surface area contributed by atoms with Gasteiger partial charge in [-0.05, 0) is 12.7 Å². The van der Waals surface area contributed by atoms with Gasteiger partial charge in [-0.25, -0.2) is 15.8 Å². The number of rotatable bonds is 7. The summed E-state index contributed by atoms with van der Waals surface area (Å²) in [5.41, 5.74) is 2.03. The maximum atomic E-state index is 11.2. The molecule has 0 bridgehead atoms. The molecule has 1 atom stereocenters. The number of anilines is 2. The Bertz CT molecular complexity index is 444. The van der Waals surface area contributed by atoms with Gasteiger partial charge in [-0.2, -0.15) is 11.8 Å². The zero-order valence-corrected chi connectivity index (χ0v) is 12.0. The Balaban J connectivity index is 3.21. The molecule has 19 heavy (non-hydrogen) atoms. The van der Waals surface area contributed by atoms with Crippen LogP contribution < -0.4 is 16.2 Å². The van der Waals surface area contributed by atoms with E-state index in [1.54, 1.807) is 23.7 Å². The van der Waals surface area contributed by atoms with Gasteiger partial charge in [-0.15, -0.1) is 0 Å². The van der Waals surface area contributed by atoms with Crippen molar-refractivity contribution in [2.75, 3.05) is 29.4 Å². The number of hydrogen-bond acceptors (Lipinski definition) is 8. The fraction of sp³-hybridized carbons (Fsp3) is 0.600. The van der Waals surface area contributed by atoms with E-state index in [2.05, 4.69) is 15.4 Å². The van der Waals surface area contributed by atoms with Crippen molar-refractivity contribution in [3.63, 3.8) is 0 Å². The molecule has 0 saturated heterocycles. The largest absolute Gasteiger partial charge is 0.354 e. The topological polar surface area (TPSA) is 110 Å². The molecule has 1 rings (SSSR count). The van der Waals surface area contributed by atoms with Crippen molar-refractivity contribution in [1.82, 2.24) is 9.97 Å². The van der Waals surface area contributed by atoms with Crippen LogP contribution in [0, 0.1) is 10.1 Å². The SMILES string of the molecule is CCC(CSC)N(C)c1ncnc(NN)c1[N+](=O)[O-]. The minimum absolute atomic E-state index is 0.0147. The minimum atomic E-state index is -0.521. The third-order valence-electron chi connectivity index (χ3n) is 2.83. The number of nitrogens with zero attached hydrogens (tertiary/aromatic N) is 4. The van der Waals surface area contributed by atoms with Crippen LogP contribution in [-0.4, -0.2) is 40.0 Å². The lowest BCUT2D eigenvalue weighted by Gasteiger charge is -2.27. The Labute approximate surface area is 115 Å². The van der Waals surface area contributed by atoms with Gasteiger partial charge in [-0.3, -0.25) is 10.1 Å². The van der Waals surface area contributed by atoms with Crippen LogP contribution in [0.25, 0.3) is 0 Å². The molecule has 1 unspecified atom stereocenters. The minimum Gasteiger partial charge on any atom is -0.350 e. The summed E-state index contributed by atoms with van der Waals surface area (Å²) in [5.74, 6) is 6.40. The molecule has 1 aromatic rings. The van der Waals surface area contributed by atoms with Crippen molar-refractivity contribution < 1.29 is 4.92 Å². The molecule has 9 heteroatoms. The molecular weight excluding hydrogens is 268 g/mol. The molecule has 1 heterocycles. The summed E-state index contributed by atoms with van der Waals surface area (Å²) in [5, 5.41) is 11.2. The van der Waals surface area contributed by atoms with E-state index in [-0.39, 0.29) is 23.4 Å². The Hall–Kier alpha value is -1.61. The molecule has 3 N–H and O–H groups in total. The fourth-order valence-corrected chi connectivity index (χ4v) is 2.61. The van der Waals surface area contributed by atoms with Gasteiger partial charge in [0, 0.05) is 18.8 Å². The van der Waals surface area contributed by atoms with E-state index in [4.69, 9.17) is 5.84 Å². The van der Waals surface area contributed by atoms with E-state index in [0.717, 1.165) is 12.2 Å². The third kappa shape index (κ3) is 3.44. The quantitative estimate of drug-likeness (QED) is 0.438. The highest BCUT2D eigenvalue weighted by molar-refractivity contribution is 7.98. The first kappa shape index (κ1) is 15.4. The predicted molar refractivity (Wildman–Crippen MR) is 77.4 cm³/mol. The smallest absolute Gasteiger partial charge is 0.350 e. The second kappa shape index (κ2) is 7.10. The first-order chi connectivity index (χ1) is 9.06. The van der Waals surface area contributed by atoms with Gasteiger partial charge in [0.15, 0.2) is 0 Å². The fourth-order valence-electron chi connectivity index (χ4n) is 1.77. The Kier molecular flexibility index (Phi) is 5.77. The molecule has 0 aliphatic heterocycles. The van der Waals surface area contributed by atoms with Crippen LogP contribution in [0.3, 0.4) is 0 Å². The van der Waals surface area contributed by atoms with E-state index in [0.29, 0.717) is 0 Å². The van der Waals surface area contributed by atoms with E-state index >= 15 is 0 Å². The van der Waals surface area contributed by atoms with Crippen LogP contribution in [0.15, 0.2) is 6.33 Å². The summed E-state index contributed by atoms with van der Waals surface area (Å²) >= 11 is 1.69. The molecular formula is C10H18N6O2S. The summed E-state index contributed by atoms with van der Waals surface area (Å²) in [6.45, 7) is 2.03. The predicted octanol–water partition coefficient (Wildman–Crippen LogP) is 1.25. The molecule has 0 amide bonds. The van der Waals surface area contributed by atoms with Crippen molar-refractivity contribution in [3.05, 3.63) is 16.4 Å². The number of hydrogen-bond donors (Lipinski definition) is 2. The zero-order chi connectivity index (χ0) is 14.4. The van der Waals surface area contributed by atoms with Gasteiger partial charge in [-0.1, -0.05) is 6.92 Å². The summed E-state index contributed by atoms with van der Waals surface area (Å²) in [4.78, 5) is 20.3. The second-order valence-electron chi connectivity index (χ2n) is 3.92. The second-order valence-corrected chi connectivity index (χ2v) is 4.83. The van der Waals surface area contributed by atoms with Gasteiger partial charge in [0.25, 0.3) is 0 Å². The standard InChI is InChI=1S/C10H18N6O2S/c1-4-7(5-19-3)15(2)10-8(16(17)18)9(14-11)12-6-13-10/h6-7H,4-5,11H2,1-3H3,(H,12,13,14). The van der Waals surface area contributed by atoms with Crippen molar-refractivity contribution in [3.8, 4) is 0 Å². The van der Waals surface area contributed by atoms with Crippen LogP contribution in [0.4, 0.5) is 17.3 Å². The highest BCUT2D eigenvalue weighted by Gasteiger charge is 2.27. The van der Waals surface area contributed by atoms with Crippen LogP contribution in [0.1, 0.15) is 13.3 Å². The molecule has 0 aliphatic rings. The normalized spacial score (nSPS) is 12.0. The molecule has 0 aliphatic carbocycles. The van der Waals surface area contributed by atoms with Crippen molar-refractivity contribution >= 4 is 29.1 Å². The monoisotopic (exact) mass is 286 g/mol. The molecule has 0 aromatic carbocycles. The highest BCUT2D eigenvalue weighted by Crippen LogP contribution is 2.32. The molecule has 0 saturated carbocycles. The first-order valence-corrected chi connectivity index (χ1v) is 7.13. The molecule has 1 aromatic heterocycles. The number of nitrogens with one attached hydrogen (secondary N) is 1. The van der Waals surface area contributed by atoms with Crippen LogP contribution in [0.2, 0.25) is 0 Å². The van der Waals surface area contributed by atoms with Gasteiger partial charge < -0.3 is 10.3 Å². The van der Waals surface area contributed by atoms with Crippen molar-refractivity contribution in [1.29, 1.82) is 0 Å². The first-order valence-electron chi connectivity index (χ1n) is 5.74. The average molecular weight is 286 g/mol. The lowest BCUT2D eigenvalue weighted by atomic mass is 10.2. The van der Waals surface area contributed by atoms with Crippen molar-refractivity contribution in [2.24, 2.45) is 5.84 Å². The summed E-state index contributed by atoms with van der Waals surface area (Å²) in [6, 6.07) is 0.161. The summed E-state index contributed by atoms with van der Waals surface area (Å²) in [6.07, 6.45) is 4.13. The Morgan fingerprint density at radius 2 is 2.32 bits per heavy atom.